The first-order valence-corrected chi connectivity index (χ1v) is 8.12. The van der Waals surface area contributed by atoms with Crippen molar-refractivity contribution in [2.24, 2.45) is 0 Å². The van der Waals surface area contributed by atoms with Gasteiger partial charge in [0.15, 0.2) is 5.58 Å². The number of rotatable bonds is 4. The van der Waals surface area contributed by atoms with E-state index >= 15 is 0 Å². The van der Waals surface area contributed by atoms with Crippen molar-refractivity contribution in [3.05, 3.63) is 22.2 Å². The van der Waals surface area contributed by atoms with Crippen LogP contribution in [0.25, 0.3) is 11.1 Å². The molecule has 0 radical (unpaired) electrons. The van der Waals surface area contributed by atoms with E-state index in [0.717, 1.165) is 25.9 Å². The Balaban J connectivity index is 1.70. The topological polar surface area (TPSA) is 69.8 Å². The van der Waals surface area contributed by atoms with E-state index in [9.17, 15) is 4.79 Å². The zero-order valence-electron chi connectivity index (χ0n) is 12.6. The lowest BCUT2D eigenvalue weighted by Crippen LogP contribution is -2.45. The highest BCUT2D eigenvalue weighted by Crippen LogP contribution is 2.32. The van der Waals surface area contributed by atoms with E-state index < -0.39 is 5.97 Å². The molecule has 124 valence electrons. The van der Waals surface area contributed by atoms with E-state index in [-0.39, 0.29) is 12.6 Å². The summed E-state index contributed by atoms with van der Waals surface area (Å²) in [4.78, 5) is 19.2. The molecule has 3 rings (SSSR count). The summed E-state index contributed by atoms with van der Waals surface area (Å²) in [5, 5.41) is 9.84. The number of carbonyl (C=O) groups is 1. The average molecular weight is 358 g/mol. The summed E-state index contributed by atoms with van der Waals surface area (Å²) in [5.41, 5.74) is 1.18. The Hall–Kier alpha value is -1.50. The van der Waals surface area contributed by atoms with E-state index in [1.807, 2.05) is 11.9 Å². The van der Waals surface area contributed by atoms with Crippen LogP contribution in [-0.2, 0) is 4.79 Å². The van der Waals surface area contributed by atoms with Crippen LogP contribution in [-0.4, -0.2) is 53.7 Å². The van der Waals surface area contributed by atoms with Crippen LogP contribution in [0.3, 0.4) is 0 Å². The van der Waals surface area contributed by atoms with Gasteiger partial charge in [-0.2, -0.15) is 4.98 Å². The normalized spacial score (nSPS) is 16.4. The first-order valence-electron chi connectivity index (χ1n) is 7.36. The Labute approximate surface area is 143 Å². The van der Waals surface area contributed by atoms with Crippen LogP contribution in [0.4, 0.5) is 6.01 Å². The van der Waals surface area contributed by atoms with Crippen LogP contribution in [0.15, 0.2) is 16.5 Å². The lowest BCUT2D eigenvalue weighted by molar-refractivity contribution is -0.138. The standard InChI is InChI=1S/C15H17Cl2N3O3/c1-19(8-13(21)22)10-2-4-20(5-3-10)15-18-12-7-9(16)6-11(17)14(12)23-15/h6-7,10H,2-5,8H2,1H3,(H,21,22). The van der Waals surface area contributed by atoms with Crippen molar-refractivity contribution in [2.75, 3.05) is 31.6 Å². The maximum Gasteiger partial charge on any atom is 0.317 e. The van der Waals surface area contributed by atoms with Crippen molar-refractivity contribution in [3.63, 3.8) is 0 Å². The van der Waals surface area contributed by atoms with Gasteiger partial charge in [0.1, 0.15) is 5.52 Å². The largest absolute Gasteiger partial charge is 0.480 e. The van der Waals surface area contributed by atoms with Gasteiger partial charge in [0.25, 0.3) is 6.01 Å². The van der Waals surface area contributed by atoms with Crippen LogP contribution in [0, 0.1) is 0 Å². The second-order valence-corrected chi connectivity index (χ2v) is 6.60. The first kappa shape index (κ1) is 16.4. The van der Waals surface area contributed by atoms with Gasteiger partial charge in [-0.05, 0) is 32.0 Å². The zero-order chi connectivity index (χ0) is 16.6. The SMILES string of the molecule is CN(CC(=O)O)C1CCN(c2nc3cc(Cl)cc(Cl)c3o2)CC1. The number of hydrogen-bond acceptors (Lipinski definition) is 5. The van der Waals surface area contributed by atoms with E-state index in [0.29, 0.717) is 27.2 Å². The molecule has 1 aromatic heterocycles. The quantitative estimate of drug-likeness (QED) is 0.906. The minimum atomic E-state index is -0.805. The molecule has 2 aromatic rings. The number of carboxylic acids is 1. The summed E-state index contributed by atoms with van der Waals surface area (Å²) < 4.78 is 5.77. The van der Waals surface area contributed by atoms with Gasteiger partial charge < -0.3 is 14.4 Å². The summed E-state index contributed by atoms with van der Waals surface area (Å²) in [6.45, 7) is 1.57. The van der Waals surface area contributed by atoms with Gasteiger partial charge in [0.2, 0.25) is 0 Å². The third-order valence-electron chi connectivity index (χ3n) is 4.14. The van der Waals surface area contributed by atoms with Gasteiger partial charge in [-0.3, -0.25) is 9.69 Å². The molecule has 0 unspecified atom stereocenters. The summed E-state index contributed by atoms with van der Waals surface area (Å²) in [6.07, 6.45) is 1.72. The molecular weight excluding hydrogens is 341 g/mol. The van der Waals surface area contributed by atoms with Crippen LogP contribution >= 0.6 is 23.2 Å². The van der Waals surface area contributed by atoms with Crippen LogP contribution in [0.2, 0.25) is 10.0 Å². The third-order valence-corrected chi connectivity index (χ3v) is 4.64. The fraction of sp³-hybridized carbons (Fsp3) is 0.467. The molecule has 6 nitrogen and oxygen atoms in total. The molecule has 1 fully saturated rings. The number of likely N-dealkylation sites (N-methyl/N-ethyl adjacent to an activating group) is 1. The number of anilines is 1. The summed E-state index contributed by atoms with van der Waals surface area (Å²) >= 11 is 12.1. The third kappa shape index (κ3) is 3.54. The molecule has 1 aliphatic heterocycles. The van der Waals surface area contributed by atoms with Gasteiger partial charge in [-0.25, -0.2) is 0 Å². The average Bonchev–Trinajstić information content (AvgIpc) is 2.91. The second-order valence-electron chi connectivity index (χ2n) is 5.76. The number of fused-ring (bicyclic) bond motifs is 1. The Bertz CT molecular complexity index is 726. The fourth-order valence-corrected chi connectivity index (χ4v) is 3.44. The molecule has 0 atom stereocenters. The monoisotopic (exact) mass is 357 g/mol. The number of oxazole rings is 1. The van der Waals surface area contributed by atoms with Crippen LogP contribution in [0.5, 0.6) is 0 Å². The van der Waals surface area contributed by atoms with Crippen molar-refractivity contribution in [1.82, 2.24) is 9.88 Å². The highest BCUT2D eigenvalue weighted by Gasteiger charge is 2.26. The summed E-state index contributed by atoms with van der Waals surface area (Å²) in [5.74, 6) is -0.805. The van der Waals surface area contributed by atoms with Crippen molar-refractivity contribution in [2.45, 2.75) is 18.9 Å². The van der Waals surface area contributed by atoms with Crippen molar-refractivity contribution >= 4 is 46.3 Å². The summed E-state index contributed by atoms with van der Waals surface area (Å²) in [6, 6.07) is 4.14. The molecule has 1 saturated heterocycles. The van der Waals surface area contributed by atoms with Crippen molar-refractivity contribution in [3.8, 4) is 0 Å². The number of nitrogens with zero attached hydrogens (tertiary/aromatic N) is 3. The van der Waals surface area contributed by atoms with Crippen molar-refractivity contribution in [1.29, 1.82) is 0 Å². The maximum atomic E-state index is 10.8. The van der Waals surface area contributed by atoms with E-state index in [1.54, 1.807) is 12.1 Å². The zero-order valence-corrected chi connectivity index (χ0v) is 14.1. The number of hydrogen-bond donors (Lipinski definition) is 1. The Morgan fingerprint density at radius 2 is 2.13 bits per heavy atom. The Morgan fingerprint density at radius 1 is 1.43 bits per heavy atom. The number of piperidine rings is 1. The number of aliphatic carboxylic acids is 1. The van der Waals surface area contributed by atoms with E-state index in [4.69, 9.17) is 32.7 Å². The molecule has 1 aromatic carbocycles. The molecule has 1 aliphatic rings. The molecule has 0 saturated carbocycles. The second kappa shape index (κ2) is 6.55. The molecular formula is C15H17Cl2N3O3. The maximum absolute atomic E-state index is 10.8. The fourth-order valence-electron chi connectivity index (χ4n) is 2.92. The summed E-state index contributed by atoms with van der Waals surface area (Å²) in [7, 11) is 1.84. The smallest absolute Gasteiger partial charge is 0.317 e. The molecule has 0 aliphatic carbocycles. The number of benzene rings is 1. The van der Waals surface area contributed by atoms with Gasteiger partial charge in [0, 0.05) is 24.2 Å². The van der Waals surface area contributed by atoms with E-state index in [1.165, 1.54) is 0 Å². The lowest BCUT2D eigenvalue weighted by Gasteiger charge is -2.35. The molecule has 0 amide bonds. The number of aromatic nitrogens is 1. The van der Waals surface area contributed by atoms with Crippen molar-refractivity contribution < 1.29 is 14.3 Å². The van der Waals surface area contributed by atoms with Gasteiger partial charge >= 0.3 is 5.97 Å². The highest BCUT2D eigenvalue weighted by molar-refractivity contribution is 6.38. The molecule has 1 N–H and O–H groups in total. The van der Waals surface area contributed by atoms with Gasteiger partial charge in [-0.15, -0.1) is 0 Å². The number of halogens is 2. The molecule has 0 spiro atoms. The van der Waals surface area contributed by atoms with E-state index in [2.05, 4.69) is 9.88 Å². The molecule has 23 heavy (non-hydrogen) atoms. The molecule has 0 bridgehead atoms. The van der Waals surface area contributed by atoms with Gasteiger partial charge in [0.05, 0.1) is 11.6 Å². The highest BCUT2D eigenvalue weighted by atomic mass is 35.5. The molecule has 8 heteroatoms. The van der Waals surface area contributed by atoms with Crippen LogP contribution in [0.1, 0.15) is 12.8 Å². The predicted molar refractivity (Wildman–Crippen MR) is 89.5 cm³/mol. The van der Waals surface area contributed by atoms with Crippen LogP contribution < -0.4 is 4.90 Å². The first-order chi connectivity index (χ1) is 10.9. The van der Waals surface area contributed by atoms with Gasteiger partial charge in [-0.1, -0.05) is 23.2 Å². The molecule has 2 heterocycles. The lowest BCUT2D eigenvalue weighted by atomic mass is 10.0. The Kier molecular flexibility index (Phi) is 4.66. The Morgan fingerprint density at radius 3 is 2.78 bits per heavy atom. The predicted octanol–water partition coefficient (Wildman–Crippen LogP) is 3.12. The minimum Gasteiger partial charge on any atom is -0.480 e. The number of carboxylic acid groups (broad SMARTS) is 1. The minimum absolute atomic E-state index is 0.0572.